The molecule has 0 heterocycles. The fourth-order valence-electron chi connectivity index (χ4n) is 3.19. The van der Waals surface area contributed by atoms with Crippen LogP contribution in [0.1, 0.15) is 31.4 Å². The Morgan fingerprint density at radius 3 is 2.41 bits per heavy atom. The van der Waals surface area contributed by atoms with Gasteiger partial charge in [0.2, 0.25) is 0 Å². The highest BCUT2D eigenvalue weighted by Gasteiger charge is 2.03. The fourth-order valence-corrected chi connectivity index (χ4v) is 3.19. The third-order valence-corrected chi connectivity index (χ3v) is 4.33. The van der Waals surface area contributed by atoms with Gasteiger partial charge in [-0.25, -0.2) is 0 Å². The molecule has 0 aliphatic rings. The quantitative estimate of drug-likeness (QED) is 0.648. The van der Waals surface area contributed by atoms with E-state index in [0.29, 0.717) is 0 Å². The zero-order chi connectivity index (χ0) is 15.5. The average molecular weight is 286 g/mol. The van der Waals surface area contributed by atoms with Crippen LogP contribution in [0.4, 0.5) is 0 Å². The van der Waals surface area contributed by atoms with Crippen molar-refractivity contribution >= 4 is 22.4 Å². The van der Waals surface area contributed by atoms with Gasteiger partial charge in [0.1, 0.15) is 0 Å². The minimum absolute atomic E-state index is 1.04. The molecule has 0 aliphatic carbocycles. The smallest absolute Gasteiger partial charge is 0.0109 e. The summed E-state index contributed by atoms with van der Waals surface area (Å²) in [4.78, 5) is 0. The van der Waals surface area contributed by atoms with Crippen LogP contribution in [-0.2, 0) is 0 Å². The molecule has 0 saturated heterocycles. The zero-order valence-corrected chi connectivity index (χ0v) is 13.6. The molecule has 110 valence electrons. The van der Waals surface area contributed by atoms with Crippen molar-refractivity contribution in [3.8, 4) is 0 Å². The average Bonchev–Trinajstić information content (AvgIpc) is 2.55. The molecular formula is C22H22. The van der Waals surface area contributed by atoms with E-state index >= 15 is 0 Å². The van der Waals surface area contributed by atoms with Gasteiger partial charge >= 0.3 is 0 Å². The van der Waals surface area contributed by atoms with Gasteiger partial charge in [-0.1, -0.05) is 73.7 Å². The van der Waals surface area contributed by atoms with Crippen LogP contribution in [0.2, 0.25) is 0 Å². The number of aryl methyl sites for hydroxylation is 1. The number of rotatable bonds is 2. The monoisotopic (exact) mass is 286 g/mol. The first kappa shape index (κ1) is 14.6. The van der Waals surface area contributed by atoms with Gasteiger partial charge in [-0.3, -0.25) is 0 Å². The van der Waals surface area contributed by atoms with Crippen LogP contribution >= 0.6 is 0 Å². The molecule has 0 spiro atoms. The summed E-state index contributed by atoms with van der Waals surface area (Å²) >= 11 is 0. The summed E-state index contributed by atoms with van der Waals surface area (Å²) in [6.45, 7) is 6.62. The van der Waals surface area contributed by atoms with E-state index < -0.39 is 0 Å². The second-order valence-electron chi connectivity index (χ2n) is 5.80. The van der Waals surface area contributed by atoms with Crippen molar-refractivity contribution in [1.82, 2.24) is 0 Å². The van der Waals surface area contributed by atoms with Crippen LogP contribution in [0.5, 0.6) is 0 Å². The Morgan fingerprint density at radius 1 is 0.909 bits per heavy atom. The van der Waals surface area contributed by atoms with Crippen molar-refractivity contribution in [3.05, 3.63) is 82.2 Å². The maximum atomic E-state index is 2.35. The Labute approximate surface area is 132 Å². The topological polar surface area (TPSA) is 0 Å². The van der Waals surface area contributed by atoms with E-state index in [1.807, 2.05) is 0 Å². The lowest BCUT2D eigenvalue weighted by molar-refractivity contribution is 1.28. The third-order valence-electron chi connectivity index (χ3n) is 4.33. The standard InChI is InChI=1S/C22H22/c1-4-9-22-20(15-14-18-11-6-8-13-21(18)22)17(3)19-12-7-5-10-16(19)2/h5-15H,4H2,1-3H3/b20-17-,22-9-. The lowest BCUT2D eigenvalue weighted by atomic mass is 9.96. The van der Waals surface area contributed by atoms with Gasteiger partial charge in [-0.2, -0.15) is 0 Å². The second-order valence-corrected chi connectivity index (χ2v) is 5.80. The second kappa shape index (κ2) is 6.19. The Bertz CT molecular complexity index is 930. The molecule has 3 aromatic carbocycles. The Morgan fingerprint density at radius 2 is 1.64 bits per heavy atom. The van der Waals surface area contributed by atoms with Gasteiger partial charge in [0, 0.05) is 0 Å². The summed E-state index contributed by atoms with van der Waals surface area (Å²) < 4.78 is 0. The molecule has 0 aliphatic heterocycles. The van der Waals surface area contributed by atoms with Gasteiger partial charge in [-0.05, 0) is 58.2 Å². The Balaban J connectivity index is 2.46. The molecule has 0 saturated carbocycles. The number of benzene rings is 3. The molecule has 22 heavy (non-hydrogen) atoms. The van der Waals surface area contributed by atoms with Crippen molar-refractivity contribution in [2.75, 3.05) is 0 Å². The van der Waals surface area contributed by atoms with Crippen molar-refractivity contribution in [2.45, 2.75) is 27.2 Å². The van der Waals surface area contributed by atoms with Crippen LogP contribution in [0, 0.1) is 6.92 Å². The first-order valence-electron chi connectivity index (χ1n) is 7.97. The molecule has 0 unspecified atom stereocenters. The summed E-state index contributed by atoms with van der Waals surface area (Å²) in [7, 11) is 0. The van der Waals surface area contributed by atoms with E-state index in [0.717, 1.165) is 6.42 Å². The lowest BCUT2D eigenvalue weighted by Crippen LogP contribution is -2.27. The Hall–Kier alpha value is -2.34. The molecule has 3 aromatic rings. The molecule has 0 aromatic heterocycles. The van der Waals surface area contributed by atoms with Gasteiger partial charge in [0.25, 0.3) is 0 Å². The molecule has 0 radical (unpaired) electrons. The summed E-state index contributed by atoms with van der Waals surface area (Å²) in [6.07, 6.45) is 3.39. The molecule has 0 heteroatoms. The SMILES string of the molecule is CC/C=c1/c(=C(/C)c2ccccc2C)ccc2ccccc12. The van der Waals surface area contributed by atoms with Crippen LogP contribution in [-0.4, -0.2) is 0 Å². The largest absolute Gasteiger partial charge is 0.0763 e. The van der Waals surface area contributed by atoms with E-state index in [4.69, 9.17) is 0 Å². The normalized spacial score (nSPS) is 13.5. The summed E-state index contributed by atoms with van der Waals surface area (Å²) in [5.74, 6) is 0. The highest BCUT2D eigenvalue weighted by molar-refractivity contribution is 5.84. The van der Waals surface area contributed by atoms with Crippen LogP contribution in [0.25, 0.3) is 22.4 Å². The molecule has 0 fully saturated rings. The molecule has 3 rings (SSSR count). The van der Waals surface area contributed by atoms with E-state index in [1.54, 1.807) is 0 Å². The molecule has 0 atom stereocenters. The van der Waals surface area contributed by atoms with Crippen LogP contribution in [0.15, 0.2) is 60.7 Å². The first-order valence-corrected chi connectivity index (χ1v) is 7.97. The molecular weight excluding hydrogens is 264 g/mol. The van der Waals surface area contributed by atoms with Gasteiger partial charge < -0.3 is 0 Å². The Kier molecular flexibility index (Phi) is 4.11. The van der Waals surface area contributed by atoms with E-state index in [9.17, 15) is 0 Å². The highest BCUT2D eigenvalue weighted by atomic mass is 14.1. The highest BCUT2D eigenvalue weighted by Crippen LogP contribution is 2.15. The van der Waals surface area contributed by atoms with Crippen LogP contribution in [0.3, 0.4) is 0 Å². The van der Waals surface area contributed by atoms with Crippen molar-refractivity contribution in [1.29, 1.82) is 0 Å². The van der Waals surface area contributed by atoms with E-state index in [2.05, 4.69) is 87.5 Å². The van der Waals surface area contributed by atoms with Crippen LogP contribution < -0.4 is 10.4 Å². The predicted molar refractivity (Wildman–Crippen MR) is 97.3 cm³/mol. The van der Waals surface area contributed by atoms with Gasteiger partial charge in [0.05, 0.1) is 0 Å². The molecule has 0 nitrogen and oxygen atoms in total. The first-order chi connectivity index (χ1) is 10.7. The van der Waals surface area contributed by atoms with Crippen molar-refractivity contribution in [3.63, 3.8) is 0 Å². The van der Waals surface area contributed by atoms with E-state index in [1.165, 1.54) is 37.9 Å². The maximum absolute atomic E-state index is 2.35. The zero-order valence-electron chi connectivity index (χ0n) is 13.6. The van der Waals surface area contributed by atoms with E-state index in [-0.39, 0.29) is 0 Å². The number of fused-ring (bicyclic) bond motifs is 1. The minimum Gasteiger partial charge on any atom is -0.0763 e. The summed E-state index contributed by atoms with van der Waals surface area (Å²) in [5.41, 5.74) is 4.02. The predicted octanol–water partition coefficient (Wildman–Crippen LogP) is 4.56. The molecule has 0 N–H and O–H groups in total. The summed E-state index contributed by atoms with van der Waals surface area (Å²) in [6, 6.07) is 21.8. The minimum atomic E-state index is 1.04. The molecule has 0 amide bonds. The third kappa shape index (κ3) is 2.57. The number of hydrogen-bond acceptors (Lipinski definition) is 0. The number of hydrogen-bond donors (Lipinski definition) is 0. The lowest BCUT2D eigenvalue weighted by Gasteiger charge is -2.08. The maximum Gasteiger partial charge on any atom is -0.0109 e. The van der Waals surface area contributed by atoms with Gasteiger partial charge in [-0.15, -0.1) is 0 Å². The summed E-state index contributed by atoms with van der Waals surface area (Å²) in [5, 5.41) is 5.36. The van der Waals surface area contributed by atoms with Crippen molar-refractivity contribution < 1.29 is 0 Å². The molecule has 0 bridgehead atoms. The fraction of sp³-hybridized carbons (Fsp3) is 0.182. The van der Waals surface area contributed by atoms with Gasteiger partial charge in [0.15, 0.2) is 0 Å². The van der Waals surface area contributed by atoms with Crippen molar-refractivity contribution in [2.24, 2.45) is 0 Å².